The molecule has 1 amide bonds. The second kappa shape index (κ2) is 4.41. The Morgan fingerprint density at radius 3 is 2.84 bits per heavy atom. The van der Waals surface area contributed by atoms with Crippen molar-refractivity contribution >= 4 is 16.8 Å². The van der Waals surface area contributed by atoms with Crippen LogP contribution in [0.2, 0.25) is 0 Å². The highest BCUT2D eigenvalue weighted by Gasteiger charge is 2.45. The largest absolute Gasteiger partial charge is 0.361 e. The fourth-order valence-corrected chi connectivity index (χ4v) is 2.74. The third-order valence-electron chi connectivity index (χ3n) is 4.55. The van der Waals surface area contributed by atoms with Crippen LogP contribution in [0.3, 0.4) is 0 Å². The molecule has 1 saturated carbocycles. The summed E-state index contributed by atoms with van der Waals surface area (Å²) in [4.78, 5) is 15.5. The van der Waals surface area contributed by atoms with Crippen molar-refractivity contribution in [3.8, 4) is 0 Å². The fraction of sp³-hybridized carbons (Fsp3) is 0.438. The molecule has 0 bridgehead atoms. The summed E-state index contributed by atoms with van der Waals surface area (Å²) in [6.07, 6.45) is 4.34. The van der Waals surface area contributed by atoms with Crippen LogP contribution in [0.15, 0.2) is 30.5 Å². The minimum atomic E-state index is 0.0278. The third-order valence-corrected chi connectivity index (χ3v) is 4.55. The maximum atomic E-state index is 12.3. The first-order valence-corrected chi connectivity index (χ1v) is 6.97. The molecule has 19 heavy (non-hydrogen) atoms. The van der Waals surface area contributed by atoms with E-state index in [1.165, 1.54) is 12.8 Å². The van der Waals surface area contributed by atoms with Crippen LogP contribution in [-0.4, -0.2) is 17.4 Å². The van der Waals surface area contributed by atoms with E-state index >= 15 is 0 Å². The van der Waals surface area contributed by atoms with Gasteiger partial charge in [0.1, 0.15) is 0 Å². The van der Waals surface area contributed by atoms with Crippen LogP contribution >= 0.6 is 0 Å². The van der Waals surface area contributed by atoms with Gasteiger partial charge in [-0.1, -0.05) is 26.0 Å². The predicted molar refractivity (Wildman–Crippen MR) is 77.1 cm³/mol. The van der Waals surface area contributed by atoms with Crippen LogP contribution in [0.1, 0.15) is 37.0 Å². The molecule has 1 aromatic carbocycles. The first kappa shape index (κ1) is 12.3. The summed E-state index contributed by atoms with van der Waals surface area (Å²) in [7, 11) is 0. The maximum absolute atomic E-state index is 12.3. The average molecular weight is 256 g/mol. The number of hydrogen-bond acceptors (Lipinski definition) is 1. The molecule has 0 aliphatic heterocycles. The lowest BCUT2D eigenvalue weighted by Crippen LogP contribution is -2.32. The third kappa shape index (κ3) is 2.14. The highest BCUT2D eigenvalue weighted by Crippen LogP contribution is 2.51. The number of amides is 1. The quantitative estimate of drug-likeness (QED) is 0.866. The van der Waals surface area contributed by atoms with Crippen molar-refractivity contribution < 1.29 is 4.79 Å². The number of aromatic nitrogens is 1. The molecule has 2 aromatic rings. The van der Waals surface area contributed by atoms with Crippen molar-refractivity contribution in [1.29, 1.82) is 0 Å². The van der Waals surface area contributed by atoms with Crippen LogP contribution in [0.25, 0.3) is 10.9 Å². The Bertz CT molecular complexity index is 608. The molecule has 0 unspecified atom stereocenters. The Kier molecular flexibility index (Phi) is 2.85. The van der Waals surface area contributed by atoms with Crippen molar-refractivity contribution in [2.24, 2.45) is 11.3 Å². The Morgan fingerprint density at radius 2 is 2.16 bits per heavy atom. The van der Waals surface area contributed by atoms with Gasteiger partial charge in [-0.25, -0.2) is 0 Å². The number of carbonyl (C=O) groups excluding carboxylic acids is 1. The molecular weight excluding hydrogens is 236 g/mol. The lowest BCUT2D eigenvalue weighted by atomic mass is 9.92. The molecule has 0 atom stereocenters. The summed E-state index contributed by atoms with van der Waals surface area (Å²) in [6.45, 7) is 5.27. The first-order chi connectivity index (χ1) is 9.12. The van der Waals surface area contributed by atoms with Gasteiger partial charge in [-0.3, -0.25) is 4.79 Å². The molecule has 0 radical (unpaired) electrons. The van der Waals surface area contributed by atoms with Crippen LogP contribution in [0.4, 0.5) is 0 Å². The van der Waals surface area contributed by atoms with Crippen molar-refractivity contribution in [2.45, 2.75) is 26.7 Å². The molecule has 100 valence electrons. The second-order valence-electron chi connectivity index (χ2n) is 5.95. The molecule has 1 fully saturated rings. The number of nitrogens with one attached hydrogen (secondary N) is 2. The minimum absolute atomic E-state index is 0.0278. The summed E-state index contributed by atoms with van der Waals surface area (Å²) >= 11 is 0. The molecule has 0 saturated heterocycles. The van der Waals surface area contributed by atoms with Gasteiger partial charge >= 0.3 is 0 Å². The van der Waals surface area contributed by atoms with Gasteiger partial charge in [0, 0.05) is 18.1 Å². The van der Waals surface area contributed by atoms with E-state index in [4.69, 9.17) is 0 Å². The van der Waals surface area contributed by atoms with Gasteiger partial charge in [-0.05, 0) is 36.3 Å². The number of hydrogen-bond donors (Lipinski definition) is 2. The first-order valence-electron chi connectivity index (χ1n) is 6.97. The van der Waals surface area contributed by atoms with Crippen LogP contribution in [0.5, 0.6) is 0 Å². The van der Waals surface area contributed by atoms with Crippen molar-refractivity contribution in [3.05, 3.63) is 36.0 Å². The minimum Gasteiger partial charge on any atom is -0.361 e. The van der Waals surface area contributed by atoms with Gasteiger partial charge < -0.3 is 10.3 Å². The molecule has 1 aromatic heterocycles. The van der Waals surface area contributed by atoms with E-state index in [-0.39, 0.29) is 5.91 Å². The fourth-order valence-electron chi connectivity index (χ4n) is 2.74. The number of para-hydroxylation sites is 1. The van der Waals surface area contributed by atoms with Gasteiger partial charge in [0.15, 0.2) is 0 Å². The average Bonchev–Trinajstić information content (AvgIpc) is 3.05. The number of carbonyl (C=O) groups is 1. The van der Waals surface area contributed by atoms with Crippen molar-refractivity contribution in [1.82, 2.24) is 10.3 Å². The number of H-pyrrole nitrogens is 1. The zero-order valence-electron chi connectivity index (χ0n) is 11.5. The Hall–Kier alpha value is -1.77. The standard InChI is InChI=1S/C16H20N2O/c1-11(2)16(7-8-16)10-18-15(19)13-5-3-4-12-6-9-17-14(12)13/h3-6,9,11,17H,7-8,10H2,1-2H3,(H,18,19). The molecule has 0 spiro atoms. The van der Waals surface area contributed by atoms with Gasteiger partial charge in [0.2, 0.25) is 0 Å². The molecule has 1 aliphatic carbocycles. The summed E-state index contributed by atoms with van der Waals surface area (Å²) in [6, 6.07) is 7.81. The Balaban J connectivity index is 1.76. The summed E-state index contributed by atoms with van der Waals surface area (Å²) < 4.78 is 0. The lowest BCUT2D eigenvalue weighted by Gasteiger charge is -2.20. The zero-order chi connectivity index (χ0) is 13.5. The SMILES string of the molecule is CC(C)C1(CNC(=O)c2cccc3cc[nH]c23)CC1. The zero-order valence-corrected chi connectivity index (χ0v) is 11.5. The van der Waals surface area contributed by atoms with E-state index in [0.29, 0.717) is 11.3 Å². The normalized spacial score (nSPS) is 16.8. The lowest BCUT2D eigenvalue weighted by molar-refractivity contribution is 0.0941. The molecule has 2 N–H and O–H groups in total. The van der Waals surface area contributed by atoms with E-state index in [1.54, 1.807) is 0 Å². The number of fused-ring (bicyclic) bond motifs is 1. The van der Waals surface area contributed by atoms with Crippen molar-refractivity contribution in [2.75, 3.05) is 6.54 Å². The number of aromatic amines is 1. The molecule has 1 heterocycles. The van der Waals surface area contributed by atoms with E-state index in [0.717, 1.165) is 23.0 Å². The van der Waals surface area contributed by atoms with Crippen LogP contribution in [0, 0.1) is 11.3 Å². The van der Waals surface area contributed by atoms with E-state index in [9.17, 15) is 4.79 Å². The molecule has 3 heteroatoms. The van der Waals surface area contributed by atoms with Gasteiger partial charge in [0.25, 0.3) is 5.91 Å². The van der Waals surface area contributed by atoms with Gasteiger partial charge in [-0.2, -0.15) is 0 Å². The highest BCUT2D eigenvalue weighted by atomic mass is 16.1. The summed E-state index contributed by atoms with van der Waals surface area (Å²) in [5.41, 5.74) is 2.01. The van der Waals surface area contributed by atoms with E-state index < -0.39 is 0 Å². The maximum Gasteiger partial charge on any atom is 0.253 e. The second-order valence-corrected chi connectivity index (χ2v) is 5.95. The number of rotatable bonds is 4. The van der Waals surface area contributed by atoms with Gasteiger partial charge in [-0.15, -0.1) is 0 Å². The summed E-state index contributed by atoms with van der Waals surface area (Å²) in [5.74, 6) is 0.661. The molecular formula is C16H20N2O. The summed E-state index contributed by atoms with van der Waals surface area (Å²) in [5, 5.41) is 4.19. The van der Waals surface area contributed by atoms with E-state index in [1.807, 2.05) is 30.5 Å². The topological polar surface area (TPSA) is 44.9 Å². The highest BCUT2D eigenvalue weighted by molar-refractivity contribution is 6.05. The molecule has 3 nitrogen and oxygen atoms in total. The smallest absolute Gasteiger partial charge is 0.253 e. The van der Waals surface area contributed by atoms with Gasteiger partial charge in [0.05, 0.1) is 11.1 Å². The monoisotopic (exact) mass is 256 g/mol. The molecule has 3 rings (SSSR count). The van der Waals surface area contributed by atoms with Crippen LogP contribution < -0.4 is 5.32 Å². The Labute approximate surface area is 113 Å². The van der Waals surface area contributed by atoms with Crippen LogP contribution in [-0.2, 0) is 0 Å². The molecule has 1 aliphatic rings. The predicted octanol–water partition coefficient (Wildman–Crippen LogP) is 3.33. The number of benzene rings is 1. The van der Waals surface area contributed by atoms with E-state index in [2.05, 4.69) is 24.1 Å². The van der Waals surface area contributed by atoms with Crippen molar-refractivity contribution in [3.63, 3.8) is 0 Å². The Morgan fingerprint density at radius 1 is 1.37 bits per heavy atom.